The molecule has 3 heterocycles. The fraction of sp³-hybridized carbons (Fsp3) is 0.500. The summed E-state index contributed by atoms with van der Waals surface area (Å²) >= 11 is 6.43. The first kappa shape index (κ1) is 25.0. The number of carbonyl (C=O) groups excluding carboxylic acids is 2. The Kier molecular flexibility index (Phi) is 7.32. The van der Waals surface area contributed by atoms with E-state index in [4.69, 9.17) is 16.6 Å². The summed E-state index contributed by atoms with van der Waals surface area (Å²) in [6.07, 6.45) is 1.53. The van der Waals surface area contributed by atoms with Crippen molar-refractivity contribution >= 4 is 52.2 Å². The second kappa shape index (κ2) is 10.2. The van der Waals surface area contributed by atoms with Gasteiger partial charge in [-0.05, 0) is 36.5 Å². The number of amides is 2. The lowest BCUT2D eigenvalue weighted by atomic mass is 9.92. The first-order valence-corrected chi connectivity index (χ1v) is 12.2. The average molecular weight is 502 g/mol. The molecule has 1 aromatic heterocycles. The van der Waals surface area contributed by atoms with Crippen LogP contribution in [0.4, 0.5) is 28.8 Å². The Labute approximate surface area is 210 Å². The number of halogens is 1. The molecule has 1 aromatic carbocycles. The molecule has 10 nitrogen and oxygen atoms in total. The Morgan fingerprint density at radius 2 is 1.94 bits per heavy atom. The van der Waals surface area contributed by atoms with Crippen LogP contribution in [0.15, 0.2) is 24.4 Å². The molecule has 188 valence electrons. The minimum Gasteiger partial charge on any atom is -0.365 e. The molecular formula is C24H32ClN7O3. The Morgan fingerprint density at radius 1 is 1.23 bits per heavy atom. The molecule has 2 aliphatic rings. The third-order valence-corrected chi connectivity index (χ3v) is 6.77. The van der Waals surface area contributed by atoms with Crippen LogP contribution in [0.3, 0.4) is 0 Å². The number of nitrogens with one attached hydrogen (secondary N) is 2. The van der Waals surface area contributed by atoms with Crippen LogP contribution < -0.4 is 25.3 Å². The molecule has 1 unspecified atom stereocenters. The smallest absolute Gasteiger partial charge is 0.276 e. The van der Waals surface area contributed by atoms with E-state index in [0.717, 1.165) is 13.1 Å². The van der Waals surface area contributed by atoms with Crippen LogP contribution in [-0.2, 0) is 9.59 Å². The van der Waals surface area contributed by atoms with Crippen LogP contribution in [0.25, 0.3) is 0 Å². The highest BCUT2D eigenvalue weighted by Gasteiger charge is 2.35. The molecule has 1 fully saturated rings. The van der Waals surface area contributed by atoms with Gasteiger partial charge in [0.2, 0.25) is 18.1 Å². The van der Waals surface area contributed by atoms with E-state index in [1.807, 2.05) is 12.1 Å². The number of hydrogen-bond donors (Lipinski definition) is 3. The van der Waals surface area contributed by atoms with Crippen molar-refractivity contribution in [2.75, 3.05) is 53.7 Å². The Morgan fingerprint density at radius 3 is 2.63 bits per heavy atom. The lowest BCUT2D eigenvalue weighted by Crippen LogP contribution is -2.53. The van der Waals surface area contributed by atoms with Crippen molar-refractivity contribution in [2.24, 2.45) is 11.8 Å². The number of aromatic nitrogens is 2. The molecule has 11 heteroatoms. The van der Waals surface area contributed by atoms with Crippen molar-refractivity contribution in [3.63, 3.8) is 0 Å². The summed E-state index contributed by atoms with van der Waals surface area (Å²) < 4.78 is 0. The van der Waals surface area contributed by atoms with Gasteiger partial charge in [0, 0.05) is 45.8 Å². The van der Waals surface area contributed by atoms with E-state index in [0.29, 0.717) is 45.7 Å². The van der Waals surface area contributed by atoms with Gasteiger partial charge >= 0.3 is 0 Å². The van der Waals surface area contributed by atoms with Crippen molar-refractivity contribution in [3.05, 3.63) is 29.4 Å². The largest absolute Gasteiger partial charge is 0.365 e. The van der Waals surface area contributed by atoms with E-state index in [-0.39, 0.29) is 18.9 Å². The van der Waals surface area contributed by atoms with Crippen molar-refractivity contribution in [3.8, 4) is 0 Å². The maximum absolute atomic E-state index is 12.5. The highest BCUT2D eigenvalue weighted by atomic mass is 35.5. The second-order valence-electron chi connectivity index (χ2n) is 9.43. The summed E-state index contributed by atoms with van der Waals surface area (Å²) in [6, 6.07) is 5.42. The zero-order valence-electron chi connectivity index (χ0n) is 20.5. The fourth-order valence-corrected chi connectivity index (χ4v) is 4.96. The van der Waals surface area contributed by atoms with E-state index in [2.05, 4.69) is 34.4 Å². The van der Waals surface area contributed by atoms with Gasteiger partial charge in [0.15, 0.2) is 5.82 Å². The minimum atomic E-state index is -1.38. The Balaban J connectivity index is 1.62. The number of likely N-dealkylation sites (N-methyl/N-ethyl adjacent to an activating group) is 1. The summed E-state index contributed by atoms with van der Waals surface area (Å²) in [7, 11) is 3.16. The van der Waals surface area contributed by atoms with Crippen molar-refractivity contribution < 1.29 is 14.7 Å². The molecule has 0 spiro atoms. The first-order chi connectivity index (χ1) is 16.7. The van der Waals surface area contributed by atoms with Crippen LogP contribution in [-0.4, -0.2) is 66.8 Å². The standard InChI is InChI=1S/C24H32ClN7O3/c1-14-9-15(2)13-31(12-14)24-27-11-17(25)21(29-24)28-16-5-6-18-19(10-16)32(8-7-20(33)26-3)23(35)22(34)30(18)4/h5-6,10-11,14-15,23,35H,7-9,12-13H2,1-4H3,(H,26,33)(H,27,28,29)/t14-,15+,23?. The quantitative estimate of drug-likeness (QED) is 0.553. The van der Waals surface area contributed by atoms with Crippen LogP contribution in [0.5, 0.6) is 0 Å². The lowest BCUT2D eigenvalue weighted by Gasteiger charge is -2.39. The minimum absolute atomic E-state index is 0.134. The molecule has 3 N–H and O–H groups in total. The van der Waals surface area contributed by atoms with Gasteiger partial charge < -0.3 is 30.4 Å². The van der Waals surface area contributed by atoms with Crippen LogP contribution >= 0.6 is 11.6 Å². The van der Waals surface area contributed by atoms with Gasteiger partial charge in [0.25, 0.3) is 5.91 Å². The number of hydrogen-bond acceptors (Lipinski definition) is 8. The molecule has 2 amide bonds. The van der Waals surface area contributed by atoms with Gasteiger partial charge in [-0.25, -0.2) is 4.98 Å². The maximum atomic E-state index is 12.5. The molecule has 3 atom stereocenters. The van der Waals surface area contributed by atoms with E-state index in [1.165, 1.54) is 16.2 Å². The summed E-state index contributed by atoms with van der Waals surface area (Å²) in [4.78, 5) is 38.6. The molecule has 0 aliphatic carbocycles. The Bertz CT molecular complexity index is 1100. The number of piperidine rings is 1. The Hall–Kier alpha value is -3.11. The summed E-state index contributed by atoms with van der Waals surface area (Å²) in [5.74, 6) is 1.58. The number of aliphatic hydroxyl groups is 1. The molecule has 2 aromatic rings. The van der Waals surface area contributed by atoms with Crippen molar-refractivity contribution in [1.29, 1.82) is 0 Å². The monoisotopic (exact) mass is 501 g/mol. The molecule has 1 saturated heterocycles. The third kappa shape index (κ3) is 5.28. The SMILES string of the molecule is CNC(=O)CCN1c2cc(Nc3nc(N4C[C@H](C)C[C@H](C)C4)ncc3Cl)ccc2N(C)C(=O)C1O. The highest BCUT2D eigenvalue weighted by Crippen LogP contribution is 2.38. The van der Waals surface area contributed by atoms with E-state index in [9.17, 15) is 14.7 Å². The highest BCUT2D eigenvalue weighted by molar-refractivity contribution is 6.32. The van der Waals surface area contributed by atoms with Gasteiger partial charge in [0.05, 0.1) is 17.6 Å². The normalized spacial score (nSPS) is 22.2. The van der Waals surface area contributed by atoms with Gasteiger partial charge in [0.1, 0.15) is 5.02 Å². The number of benzene rings is 1. The van der Waals surface area contributed by atoms with Gasteiger partial charge in [-0.3, -0.25) is 9.59 Å². The van der Waals surface area contributed by atoms with Crippen LogP contribution in [0.1, 0.15) is 26.7 Å². The van der Waals surface area contributed by atoms with Gasteiger partial charge in [-0.1, -0.05) is 25.4 Å². The fourth-order valence-electron chi connectivity index (χ4n) is 4.82. The van der Waals surface area contributed by atoms with Crippen LogP contribution in [0, 0.1) is 11.8 Å². The summed E-state index contributed by atoms with van der Waals surface area (Å²) in [5.41, 5.74) is 1.93. The van der Waals surface area contributed by atoms with E-state index < -0.39 is 12.1 Å². The second-order valence-corrected chi connectivity index (χ2v) is 9.84. The zero-order chi connectivity index (χ0) is 25.3. The zero-order valence-corrected chi connectivity index (χ0v) is 21.2. The van der Waals surface area contributed by atoms with Crippen molar-refractivity contribution in [2.45, 2.75) is 32.9 Å². The van der Waals surface area contributed by atoms with Gasteiger partial charge in [-0.15, -0.1) is 0 Å². The number of rotatable bonds is 6. The van der Waals surface area contributed by atoms with E-state index in [1.54, 1.807) is 26.4 Å². The topological polar surface area (TPSA) is 114 Å². The molecule has 0 radical (unpaired) electrons. The van der Waals surface area contributed by atoms with Gasteiger partial charge in [-0.2, -0.15) is 4.98 Å². The van der Waals surface area contributed by atoms with E-state index >= 15 is 0 Å². The molecule has 0 bridgehead atoms. The number of nitrogens with zero attached hydrogens (tertiary/aromatic N) is 5. The molecule has 0 saturated carbocycles. The lowest BCUT2D eigenvalue weighted by molar-refractivity contribution is -0.127. The first-order valence-electron chi connectivity index (χ1n) is 11.8. The number of fused-ring (bicyclic) bond motifs is 1. The van der Waals surface area contributed by atoms with Crippen molar-refractivity contribution in [1.82, 2.24) is 15.3 Å². The summed E-state index contributed by atoms with van der Waals surface area (Å²) in [5, 5.41) is 16.8. The molecule has 35 heavy (non-hydrogen) atoms. The number of aliphatic hydroxyl groups excluding tert-OH is 1. The number of anilines is 5. The maximum Gasteiger partial charge on any atom is 0.276 e. The molecule has 4 rings (SSSR count). The van der Waals surface area contributed by atoms with Crippen LogP contribution in [0.2, 0.25) is 5.02 Å². The molecule has 2 aliphatic heterocycles. The average Bonchev–Trinajstić information content (AvgIpc) is 2.83. The number of carbonyl (C=O) groups is 2. The third-order valence-electron chi connectivity index (χ3n) is 6.50. The summed E-state index contributed by atoms with van der Waals surface area (Å²) in [6.45, 7) is 6.43. The predicted molar refractivity (Wildman–Crippen MR) is 137 cm³/mol. The molecular weight excluding hydrogens is 470 g/mol. The predicted octanol–water partition coefficient (Wildman–Crippen LogP) is 2.59.